The number of carboxylic acids is 1. The topological polar surface area (TPSA) is 105 Å². The SMILES string of the molecule is CCCC[C@H](NC(=O)CCCOc1ccc2c(c1)CCC(=O)N2)C(=O)O. The molecule has 1 aromatic rings. The van der Waals surface area contributed by atoms with Crippen molar-refractivity contribution in [3.8, 4) is 5.75 Å². The number of aryl methyl sites for hydroxylation is 1. The summed E-state index contributed by atoms with van der Waals surface area (Å²) in [5.74, 6) is -0.545. The third-order valence-electron chi connectivity index (χ3n) is 4.27. The lowest BCUT2D eigenvalue weighted by molar-refractivity contribution is -0.142. The molecule has 0 fully saturated rings. The average Bonchev–Trinajstić information content (AvgIpc) is 2.62. The van der Waals surface area contributed by atoms with Crippen molar-refractivity contribution >= 4 is 23.5 Å². The Balaban J connectivity index is 1.72. The first kappa shape index (κ1) is 19.8. The first-order chi connectivity index (χ1) is 12.5. The van der Waals surface area contributed by atoms with E-state index in [-0.39, 0.29) is 18.2 Å². The molecule has 0 bridgehead atoms. The lowest BCUT2D eigenvalue weighted by atomic mass is 10.0. The number of carboxylic acid groups (broad SMARTS) is 1. The van der Waals surface area contributed by atoms with E-state index in [1.807, 2.05) is 19.1 Å². The lowest BCUT2D eigenvalue weighted by Crippen LogP contribution is -2.40. The highest BCUT2D eigenvalue weighted by molar-refractivity contribution is 5.94. The molecule has 3 N–H and O–H groups in total. The molecule has 1 aliphatic rings. The molecule has 7 nitrogen and oxygen atoms in total. The van der Waals surface area contributed by atoms with Crippen molar-refractivity contribution in [2.75, 3.05) is 11.9 Å². The summed E-state index contributed by atoms with van der Waals surface area (Å²) in [7, 11) is 0. The van der Waals surface area contributed by atoms with E-state index in [1.54, 1.807) is 6.07 Å². The van der Waals surface area contributed by atoms with Crippen LogP contribution in [0.3, 0.4) is 0 Å². The predicted molar refractivity (Wildman–Crippen MR) is 97.2 cm³/mol. The fourth-order valence-corrected chi connectivity index (χ4v) is 2.80. The molecule has 1 heterocycles. The molecular weight excluding hydrogens is 336 g/mol. The van der Waals surface area contributed by atoms with Crippen LogP contribution in [0.15, 0.2) is 18.2 Å². The van der Waals surface area contributed by atoms with Gasteiger partial charge >= 0.3 is 5.97 Å². The Kier molecular flexibility index (Phi) is 7.44. The van der Waals surface area contributed by atoms with Crippen LogP contribution in [0.1, 0.15) is 51.0 Å². The predicted octanol–water partition coefficient (Wildman–Crippen LogP) is 2.49. The average molecular weight is 362 g/mol. The maximum Gasteiger partial charge on any atom is 0.326 e. The van der Waals surface area contributed by atoms with Gasteiger partial charge in [0.25, 0.3) is 0 Å². The smallest absolute Gasteiger partial charge is 0.326 e. The van der Waals surface area contributed by atoms with E-state index in [2.05, 4.69) is 10.6 Å². The van der Waals surface area contributed by atoms with E-state index in [9.17, 15) is 14.4 Å². The van der Waals surface area contributed by atoms with Crippen LogP contribution in [0.25, 0.3) is 0 Å². The van der Waals surface area contributed by atoms with Gasteiger partial charge in [-0.3, -0.25) is 9.59 Å². The quantitative estimate of drug-likeness (QED) is 0.555. The fourth-order valence-electron chi connectivity index (χ4n) is 2.80. The van der Waals surface area contributed by atoms with Gasteiger partial charge in [-0.2, -0.15) is 0 Å². The van der Waals surface area contributed by atoms with Crippen molar-refractivity contribution in [3.05, 3.63) is 23.8 Å². The van der Waals surface area contributed by atoms with E-state index in [4.69, 9.17) is 9.84 Å². The van der Waals surface area contributed by atoms with Crippen LogP contribution in [-0.4, -0.2) is 35.5 Å². The summed E-state index contributed by atoms with van der Waals surface area (Å²) >= 11 is 0. The number of aliphatic carboxylic acids is 1. The standard InChI is InChI=1S/C19H26N2O5/c1-2-3-5-16(19(24)25)21-17(22)6-4-11-26-14-8-9-15-13(12-14)7-10-18(23)20-15/h8-9,12,16H,2-7,10-11H2,1H3,(H,20,23)(H,21,22)(H,24,25)/t16-/m0/s1. The van der Waals surface area contributed by atoms with Gasteiger partial charge in [-0.05, 0) is 43.0 Å². The summed E-state index contributed by atoms with van der Waals surface area (Å²) in [6, 6.07) is 4.69. The Morgan fingerprint density at radius 3 is 2.85 bits per heavy atom. The Hall–Kier alpha value is -2.57. The molecule has 0 saturated heterocycles. The van der Waals surface area contributed by atoms with Gasteiger partial charge in [-0.1, -0.05) is 19.8 Å². The number of amides is 2. The van der Waals surface area contributed by atoms with Gasteiger partial charge < -0.3 is 20.5 Å². The zero-order valence-electron chi connectivity index (χ0n) is 15.0. The van der Waals surface area contributed by atoms with Crippen molar-refractivity contribution in [1.82, 2.24) is 5.32 Å². The van der Waals surface area contributed by atoms with Crippen LogP contribution in [-0.2, 0) is 20.8 Å². The van der Waals surface area contributed by atoms with Crippen molar-refractivity contribution in [3.63, 3.8) is 0 Å². The number of ether oxygens (including phenoxy) is 1. The van der Waals surface area contributed by atoms with Gasteiger partial charge in [0, 0.05) is 18.5 Å². The molecule has 1 atom stereocenters. The minimum Gasteiger partial charge on any atom is -0.494 e. The van der Waals surface area contributed by atoms with Crippen LogP contribution in [0.2, 0.25) is 0 Å². The van der Waals surface area contributed by atoms with Crippen LogP contribution in [0.4, 0.5) is 5.69 Å². The Labute approximate surface area is 153 Å². The molecule has 1 aromatic carbocycles. The number of carbonyl (C=O) groups excluding carboxylic acids is 2. The maximum absolute atomic E-state index is 11.9. The minimum absolute atomic E-state index is 0.0239. The number of hydrogen-bond acceptors (Lipinski definition) is 4. The zero-order valence-corrected chi connectivity index (χ0v) is 15.0. The third kappa shape index (κ3) is 6.06. The van der Waals surface area contributed by atoms with Crippen molar-refractivity contribution in [2.45, 2.75) is 57.9 Å². The molecule has 1 aliphatic heterocycles. The normalized spacial score (nSPS) is 14.1. The summed E-state index contributed by atoms with van der Waals surface area (Å²) in [4.78, 5) is 34.4. The molecule has 0 radical (unpaired) electrons. The van der Waals surface area contributed by atoms with Gasteiger partial charge in [-0.25, -0.2) is 4.79 Å². The van der Waals surface area contributed by atoms with Gasteiger partial charge in [-0.15, -0.1) is 0 Å². The largest absolute Gasteiger partial charge is 0.494 e. The number of unbranched alkanes of at least 4 members (excludes halogenated alkanes) is 1. The summed E-state index contributed by atoms with van der Waals surface area (Å²) in [6.07, 6.45) is 3.97. The van der Waals surface area contributed by atoms with Crippen LogP contribution < -0.4 is 15.4 Å². The van der Waals surface area contributed by atoms with Gasteiger partial charge in [0.15, 0.2) is 0 Å². The molecule has 2 rings (SSSR count). The first-order valence-electron chi connectivity index (χ1n) is 9.07. The molecule has 26 heavy (non-hydrogen) atoms. The second-order valence-corrected chi connectivity index (χ2v) is 6.42. The number of anilines is 1. The highest BCUT2D eigenvalue weighted by Gasteiger charge is 2.19. The minimum atomic E-state index is -0.996. The molecule has 2 amide bonds. The third-order valence-corrected chi connectivity index (χ3v) is 4.27. The summed E-state index contributed by atoms with van der Waals surface area (Å²) in [6.45, 7) is 2.35. The van der Waals surface area contributed by atoms with Gasteiger partial charge in [0.2, 0.25) is 11.8 Å². The summed E-state index contributed by atoms with van der Waals surface area (Å²) < 4.78 is 5.66. The van der Waals surface area contributed by atoms with E-state index < -0.39 is 12.0 Å². The molecule has 0 saturated carbocycles. The second-order valence-electron chi connectivity index (χ2n) is 6.42. The van der Waals surface area contributed by atoms with Crippen LogP contribution in [0.5, 0.6) is 5.75 Å². The van der Waals surface area contributed by atoms with Gasteiger partial charge in [0.05, 0.1) is 6.61 Å². The van der Waals surface area contributed by atoms with Crippen LogP contribution >= 0.6 is 0 Å². The Morgan fingerprint density at radius 1 is 1.31 bits per heavy atom. The summed E-state index contributed by atoms with van der Waals surface area (Å²) in [5, 5.41) is 14.5. The van der Waals surface area contributed by atoms with E-state index in [0.717, 1.165) is 24.1 Å². The second kappa shape index (κ2) is 9.79. The lowest BCUT2D eigenvalue weighted by Gasteiger charge is -2.17. The highest BCUT2D eigenvalue weighted by Crippen LogP contribution is 2.26. The van der Waals surface area contributed by atoms with Gasteiger partial charge in [0.1, 0.15) is 11.8 Å². The number of rotatable bonds is 10. The van der Waals surface area contributed by atoms with E-state index >= 15 is 0 Å². The van der Waals surface area contributed by atoms with Crippen molar-refractivity contribution < 1.29 is 24.2 Å². The molecular formula is C19H26N2O5. The Bertz CT molecular complexity index is 659. The number of carbonyl (C=O) groups is 3. The zero-order chi connectivity index (χ0) is 18.9. The number of hydrogen-bond donors (Lipinski definition) is 3. The van der Waals surface area contributed by atoms with Crippen molar-refractivity contribution in [2.24, 2.45) is 0 Å². The number of nitrogens with one attached hydrogen (secondary N) is 2. The van der Waals surface area contributed by atoms with E-state index in [1.165, 1.54) is 0 Å². The summed E-state index contributed by atoms with van der Waals surface area (Å²) in [5.41, 5.74) is 1.86. The number of benzene rings is 1. The fraction of sp³-hybridized carbons (Fsp3) is 0.526. The molecule has 0 spiro atoms. The molecule has 0 aromatic heterocycles. The molecule has 7 heteroatoms. The van der Waals surface area contributed by atoms with Crippen molar-refractivity contribution in [1.29, 1.82) is 0 Å². The number of fused-ring (bicyclic) bond motifs is 1. The van der Waals surface area contributed by atoms with E-state index in [0.29, 0.717) is 38.0 Å². The molecule has 0 unspecified atom stereocenters. The Morgan fingerprint density at radius 2 is 2.12 bits per heavy atom. The molecule has 142 valence electrons. The highest BCUT2D eigenvalue weighted by atomic mass is 16.5. The maximum atomic E-state index is 11.9. The monoisotopic (exact) mass is 362 g/mol. The first-order valence-corrected chi connectivity index (χ1v) is 9.07. The molecule has 0 aliphatic carbocycles. The van der Waals surface area contributed by atoms with Crippen LogP contribution in [0, 0.1) is 0 Å².